The van der Waals surface area contributed by atoms with Gasteiger partial charge in [-0.3, -0.25) is 42.2 Å². The fraction of sp³-hybridized carbons (Fsp3) is 0.422. The number of aryl methyl sites for hydroxylation is 2. The number of phosphoric ester groups is 1. The van der Waals surface area contributed by atoms with E-state index >= 15 is 27.2 Å². The molecule has 21 nitrogen and oxygen atoms in total. The van der Waals surface area contributed by atoms with E-state index in [4.69, 9.17) is 34.9 Å². The number of sulfonamides is 1. The maximum Gasteiger partial charge on any atom is 0.530 e. The Kier molecular flexibility index (Phi) is 19.1. The summed E-state index contributed by atoms with van der Waals surface area (Å²) in [6.07, 6.45) is -8.01. The average molecular weight is 1400 g/mol. The number of rotatable bonds is 23. The van der Waals surface area contributed by atoms with Crippen LogP contribution in [0, 0.1) is 24.5 Å². The number of fused-ring (bicyclic) bond motifs is 5. The quantitative estimate of drug-likeness (QED) is 0.0355. The SMILES string of the molecule is Cc1cc(CC(=O)OC(C)(C)C)c(C(C)(C)CC(=O)N(c2nn(C)c3c(-n4c([C@H](Cc5cc(F)cc(F)c5)NC(=O)Cn5nc(C(F)F)c6c5C(F)(F)[C@@H]5C[C@H]65)nc5cc(-c6nccc(C(F)F)n6)ccc5c4=O)ccc(Cl)c23)S(C)(=O)=O)c(OP(=O)(OC(C)C)OC(C)C)c1. The van der Waals surface area contributed by atoms with E-state index in [-0.39, 0.29) is 72.8 Å². The predicted molar refractivity (Wildman–Crippen MR) is 337 cm³/mol. The lowest BCUT2D eigenvalue weighted by molar-refractivity contribution is -0.154. The highest BCUT2D eigenvalue weighted by Gasteiger charge is 2.67. The number of alkyl halides is 6. The summed E-state index contributed by atoms with van der Waals surface area (Å²) in [5.74, 6) is -12.9. The number of halogens is 9. The molecule has 512 valence electrons. The first-order chi connectivity index (χ1) is 44.6. The van der Waals surface area contributed by atoms with Crippen LogP contribution in [0.3, 0.4) is 0 Å². The van der Waals surface area contributed by atoms with Gasteiger partial charge in [0, 0.05) is 60.2 Å². The number of benzene rings is 4. The van der Waals surface area contributed by atoms with Gasteiger partial charge in [-0.15, -0.1) is 0 Å². The van der Waals surface area contributed by atoms with Crippen LogP contribution in [-0.2, 0) is 80.5 Å². The molecule has 0 radical (unpaired) electrons. The minimum atomic E-state index is -4.83. The number of aromatic nitrogens is 8. The van der Waals surface area contributed by atoms with Gasteiger partial charge in [-0.05, 0) is 133 Å². The van der Waals surface area contributed by atoms with Crippen LogP contribution in [0.2, 0.25) is 5.02 Å². The summed E-state index contributed by atoms with van der Waals surface area (Å²) in [7, 11) is -8.08. The molecule has 8 aromatic rings. The minimum absolute atomic E-state index is 0.0271. The number of amides is 2. The van der Waals surface area contributed by atoms with Crippen LogP contribution >= 0.6 is 19.4 Å². The maximum absolute atomic E-state index is 15.9. The van der Waals surface area contributed by atoms with Crippen molar-refractivity contribution in [1.29, 1.82) is 0 Å². The van der Waals surface area contributed by atoms with Crippen LogP contribution in [0.5, 0.6) is 5.75 Å². The molecular weight excluding hydrogens is 1340 g/mol. The molecule has 0 spiro atoms. The molecule has 3 atom stereocenters. The van der Waals surface area contributed by atoms with Crippen molar-refractivity contribution in [2.24, 2.45) is 13.0 Å². The summed E-state index contributed by atoms with van der Waals surface area (Å²) in [6.45, 7) is 14.9. The highest BCUT2D eigenvalue weighted by atomic mass is 35.5. The molecule has 2 amide bonds. The smallest absolute Gasteiger partial charge is 0.460 e. The monoisotopic (exact) mass is 1400 g/mol. The molecule has 0 saturated heterocycles. The summed E-state index contributed by atoms with van der Waals surface area (Å²) in [5, 5.41) is 10.1. The van der Waals surface area contributed by atoms with Crippen LogP contribution in [0.4, 0.5) is 40.9 Å². The number of hydrogen-bond acceptors (Lipinski definition) is 16. The van der Waals surface area contributed by atoms with Crippen LogP contribution in [0.25, 0.3) is 38.9 Å². The van der Waals surface area contributed by atoms with E-state index in [9.17, 15) is 40.1 Å². The Morgan fingerprint density at radius 2 is 1.56 bits per heavy atom. The molecule has 1 saturated carbocycles. The molecule has 0 unspecified atom stereocenters. The maximum atomic E-state index is 15.9. The number of nitrogens with zero attached hydrogens (tertiary/aromatic N) is 9. The van der Waals surface area contributed by atoms with Gasteiger partial charge in [0.25, 0.3) is 24.3 Å². The molecular formula is C64H66ClF8N10O11PS. The molecule has 2 aliphatic carbocycles. The highest BCUT2D eigenvalue weighted by Crippen LogP contribution is 2.68. The molecule has 2 aliphatic rings. The van der Waals surface area contributed by atoms with Crippen molar-refractivity contribution in [3.63, 3.8) is 0 Å². The van der Waals surface area contributed by atoms with E-state index in [1.165, 1.54) is 57.3 Å². The summed E-state index contributed by atoms with van der Waals surface area (Å²) < 4.78 is 189. The molecule has 32 heteroatoms. The van der Waals surface area contributed by atoms with E-state index in [2.05, 4.69) is 25.5 Å². The van der Waals surface area contributed by atoms with E-state index in [1.54, 1.807) is 61.5 Å². The van der Waals surface area contributed by atoms with Gasteiger partial charge < -0.3 is 14.6 Å². The van der Waals surface area contributed by atoms with Gasteiger partial charge in [-0.1, -0.05) is 37.6 Å². The van der Waals surface area contributed by atoms with E-state index in [1.807, 2.05) is 0 Å². The number of hydrogen-bond donors (Lipinski definition) is 1. The predicted octanol–water partition coefficient (Wildman–Crippen LogP) is 13.2. The van der Waals surface area contributed by atoms with Crippen LogP contribution in [-0.4, -0.2) is 89.3 Å². The van der Waals surface area contributed by atoms with Crippen molar-refractivity contribution >= 4 is 74.9 Å². The van der Waals surface area contributed by atoms with Gasteiger partial charge in [0.1, 0.15) is 52.4 Å². The third-order valence-electron chi connectivity index (χ3n) is 15.7. The lowest BCUT2D eigenvalue weighted by atomic mass is 9.77. The van der Waals surface area contributed by atoms with Gasteiger partial charge in [0.05, 0.1) is 63.4 Å². The van der Waals surface area contributed by atoms with E-state index < -0.39 is 173 Å². The average Bonchev–Trinajstić information content (AvgIpc) is 1.53. The van der Waals surface area contributed by atoms with Crippen molar-refractivity contribution < 1.29 is 80.8 Å². The topological polar surface area (TPSA) is 251 Å². The molecule has 96 heavy (non-hydrogen) atoms. The Hall–Kier alpha value is -8.18. The van der Waals surface area contributed by atoms with E-state index in [0.29, 0.717) is 26.9 Å². The molecule has 0 aliphatic heterocycles. The Morgan fingerprint density at radius 3 is 2.18 bits per heavy atom. The summed E-state index contributed by atoms with van der Waals surface area (Å²) >= 11 is 7.07. The number of esters is 1. The fourth-order valence-electron chi connectivity index (χ4n) is 12.3. The molecule has 4 aromatic heterocycles. The van der Waals surface area contributed by atoms with Crippen molar-refractivity contribution in [3.8, 4) is 22.8 Å². The number of ether oxygens (including phenoxy) is 1. The molecule has 0 bridgehead atoms. The first kappa shape index (κ1) is 70.6. The third-order valence-corrected chi connectivity index (χ3v) is 18.8. The number of carbonyl (C=O) groups excluding carboxylic acids is 3. The summed E-state index contributed by atoms with van der Waals surface area (Å²) in [4.78, 5) is 72.4. The zero-order valence-electron chi connectivity index (χ0n) is 53.8. The van der Waals surface area contributed by atoms with Gasteiger partial charge in [-0.2, -0.15) is 23.3 Å². The van der Waals surface area contributed by atoms with Crippen molar-refractivity contribution in [2.45, 2.75) is 155 Å². The first-order valence-corrected chi connectivity index (χ1v) is 33.7. The summed E-state index contributed by atoms with van der Waals surface area (Å²) in [6, 6.07) is 10.8. The second-order valence-corrected chi connectivity index (χ2v) is 29.6. The molecule has 4 heterocycles. The Balaban J connectivity index is 1.15. The highest BCUT2D eigenvalue weighted by molar-refractivity contribution is 7.92. The van der Waals surface area contributed by atoms with Crippen molar-refractivity contribution in [3.05, 3.63) is 151 Å². The second-order valence-electron chi connectivity index (χ2n) is 25.9. The number of nitrogens with one attached hydrogen (secondary N) is 1. The minimum Gasteiger partial charge on any atom is -0.460 e. The largest absolute Gasteiger partial charge is 0.530 e. The normalized spacial score (nSPS) is 15.8. The summed E-state index contributed by atoms with van der Waals surface area (Å²) in [5.41, 5.74) is -6.60. The Labute approximate surface area is 550 Å². The Morgan fingerprint density at radius 1 is 0.896 bits per heavy atom. The van der Waals surface area contributed by atoms with Gasteiger partial charge in [-0.25, -0.2) is 54.3 Å². The molecule has 10 rings (SSSR count). The number of phosphoric acid groups is 1. The second kappa shape index (κ2) is 26.0. The number of anilines is 1. The standard InChI is InChI=1S/C64H66ClF8N10O11PS/c1-30(2)92-95(88,93-31(3)4)94-46-20-32(5)19-35(25-49(86)91-62(6,7)8)52(46)63(9,10)28-48(85)83(96(12,89)90)60-51-41(65)15-16-45(54(51)80(11)79-60)82-59(77-43-24-34(13-14-38(43)61(82)87)58-74-18-17-42(76-58)56(68)69)44(23-33-21-36(66)26-37(67)22-33)75-47(84)29-81-55-50(53(78-81)57(70)71)39-27-40(39)64(55,72)73/h13-22,24,26,30-31,39-40,44,56-57H,23,25,27-29H2,1-12H3,(H,75,84)/t39-,40+,44-/m0/s1. The lowest BCUT2D eigenvalue weighted by Crippen LogP contribution is -2.40. The van der Waals surface area contributed by atoms with Crippen molar-refractivity contribution in [1.82, 2.24) is 44.4 Å². The Bertz CT molecular complexity index is 4660. The fourth-order valence-corrected chi connectivity index (χ4v) is 14.9. The van der Waals surface area contributed by atoms with E-state index in [0.717, 1.165) is 33.6 Å². The van der Waals surface area contributed by atoms with Crippen LogP contribution < -0.4 is 19.7 Å². The van der Waals surface area contributed by atoms with Gasteiger partial charge in [0.2, 0.25) is 21.8 Å². The van der Waals surface area contributed by atoms with Crippen molar-refractivity contribution in [2.75, 3.05) is 10.6 Å². The molecule has 4 aromatic carbocycles. The molecule has 1 fully saturated rings. The third kappa shape index (κ3) is 14.4. The molecule has 1 N–H and O–H groups in total. The zero-order chi connectivity index (χ0) is 70.4. The number of carbonyl (C=O) groups is 3. The lowest BCUT2D eigenvalue weighted by Gasteiger charge is -2.33. The van der Waals surface area contributed by atoms with Gasteiger partial charge >= 0.3 is 13.8 Å². The zero-order valence-corrected chi connectivity index (χ0v) is 56.2. The van der Waals surface area contributed by atoms with Crippen LogP contribution in [0.1, 0.15) is 151 Å². The van der Waals surface area contributed by atoms with Crippen LogP contribution in [0.15, 0.2) is 77.7 Å². The first-order valence-electron chi connectivity index (χ1n) is 30.1. The van der Waals surface area contributed by atoms with Gasteiger partial charge in [0.15, 0.2) is 11.6 Å².